The summed E-state index contributed by atoms with van der Waals surface area (Å²) in [5.41, 5.74) is 4.11. The third-order valence-corrected chi connectivity index (χ3v) is 7.62. The van der Waals surface area contributed by atoms with E-state index in [4.69, 9.17) is 19.6 Å². The third-order valence-electron chi connectivity index (χ3n) is 7.62. The van der Waals surface area contributed by atoms with Crippen LogP contribution in [-0.2, 0) is 11.0 Å². The van der Waals surface area contributed by atoms with Gasteiger partial charge < -0.3 is 24.0 Å². The highest BCUT2D eigenvalue weighted by atomic mass is 16.5. The molecule has 2 aliphatic heterocycles. The first kappa shape index (κ1) is 23.5. The minimum Gasteiger partial charge on any atom is -0.493 e. The maximum atomic E-state index is 13.8. The number of nitrogens with one attached hydrogen (secondary N) is 1. The molecule has 1 N–H and O–H groups in total. The number of amidine groups is 1. The Bertz CT molecular complexity index is 1210. The van der Waals surface area contributed by atoms with Crippen molar-refractivity contribution in [1.82, 2.24) is 4.90 Å². The van der Waals surface area contributed by atoms with Crippen molar-refractivity contribution in [3.8, 4) is 17.2 Å². The van der Waals surface area contributed by atoms with Crippen molar-refractivity contribution in [2.75, 3.05) is 45.4 Å². The molecule has 2 aromatic carbocycles. The Labute approximate surface area is 207 Å². The van der Waals surface area contributed by atoms with Crippen LogP contribution in [0.3, 0.4) is 0 Å². The van der Waals surface area contributed by atoms with Gasteiger partial charge >= 0.3 is 0 Å². The van der Waals surface area contributed by atoms with Gasteiger partial charge in [0.25, 0.3) is 0 Å². The monoisotopic (exact) mass is 477 g/mol. The Morgan fingerprint density at radius 1 is 1.11 bits per heavy atom. The third kappa shape index (κ3) is 3.63. The van der Waals surface area contributed by atoms with Crippen LogP contribution in [0.25, 0.3) is 0 Å². The first-order valence-electron chi connectivity index (χ1n) is 12.4. The molecule has 186 valence electrons. The Morgan fingerprint density at radius 3 is 2.40 bits per heavy atom. The van der Waals surface area contributed by atoms with Gasteiger partial charge in [0.05, 0.1) is 38.5 Å². The van der Waals surface area contributed by atoms with Crippen LogP contribution in [0.2, 0.25) is 0 Å². The maximum Gasteiger partial charge on any atom is 0.182 e. The summed E-state index contributed by atoms with van der Waals surface area (Å²) >= 11 is 0. The second-order valence-electron chi connectivity index (χ2n) is 10.7. The molecular weight excluding hydrogens is 442 g/mol. The zero-order chi connectivity index (χ0) is 25.1. The molecule has 35 heavy (non-hydrogen) atoms. The molecule has 2 heterocycles. The average Bonchev–Trinajstić information content (AvgIpc) is 3.62. The highest BCUT2D eigenvalue weighted by Crippen LogP contribution is 2.58. The van der Waals surface area contributed by atoms with E-state index >= 15 is 0 Å². The molecule has 7 nitrogen and oxygen atoms in total. The second kappa shape index (κ2) is 8.18. The molecule has 1 saturated carbocycles. The summed E-state index contributed by atoms with van der Waals surface area (Å²) in [5, 5.41) is 8.94. The number of ketones is 1. The van der Waals surface area contributed by atoms with Gasteiger partial charge in [0.15, 0.2) is 17.3 Å². The van der Waals surface area contributed by atoms with Crippen LogP contribution in [0.1, 0.15) is 67.6 Å². The lowest BCUT2D eigenvalue weighted by atomic mass is 9.84. The summed E-state index contributed by atoms with van der Waals surface area (Å²) < 4.78 is 17.1. The molecule has 2 aromatic rings. The number of carbonyl (C=O) groups is 1. The molecule has 0 unspecified atom stereocenters. The summed E-state index contributed by atoms with van der Waals surface area (Å²) in [6.07, 6.45) is 1.83. The Morgan fingerprint density at radius 2 is 1.80 bits per heavy atom. The molecule has 3 aliphatic rings. The molecule has 0 aromatic heterocycles. The quantitative estimate of drug-likeness (QED) is 0.606. The predicted molar refractivity (Wildman–Crippen MR) is 137 cm³/mol. The summed E-state index contributed by atoms with van der Waals surface area (Å²) in [6, 6.07) is 7.83. The summed E-state index contributed by atoms with van der Waals surface area (Å²) in [6.45, 7) is 11.1. The number of likely N-dealkylation sites (N-methyl/N-ethyl adjacent to an activating group) is 1. The lowest BCUT2D eigenvalue weighted by Crippen LogP contribution is -2.38. The second-order valence-corrected chi connectivity index (χ2v) is 10.7. The van der Waals surface area contributed by atoms with Crippen LogP contribution in [-0.4, -0.2) is 57.0 Å². The number of anilines is 1. The molecule has 0 amide bonds. The van der Waals surface area contributed by atoms with Crippen molar-refractivity contribution in [2.45, 2.75) is 51.5 Å². The Hall–Kier alpha value is -3.22. The number of hydrogen-bond donors (Lipinski definition) is 1. The van der Waals surface area contributed by atoms with E-state index in [0.29, 0.717) is 29.5 Å². The summed E-state index contributed by atoms with van der Waals surface area (Å²) in [5.74, 6) is 2.54. The van der Waals surface area contributed by atoms with Gasteiger partial charge in [-0.1, -0.05) is 20.8 Å². The van der Waals surface area contributed by atoms with Crippen molar-refractivity contribution in [3.63, 3.8) is 0 Å². The van der Waals surface area contributed by atoms with Gasteiger partial charge in [0.1, 0.15) is 18.2 Å². The number of rotatable bonds is 6. The van der Waals surface area contributed by atoms with Gasteiger partial charge in [-0.05, 0) is 55.0 Å². The number of hydrogen-bond acceptors (Lipinski definition) is 6. The van der Waals surface area contributed by atoms with Crippen molar-refractivity contribution < 1.29 is 19.0 Å². The van der Waals surface area contributed by atoms with Gasteiger partial charge in [-0.2, -0.15) is 0 Å². The SMILES string of the molecule is CCN1CCOc2c1cc(C(=O)CN1C(=N)c3cc(OC)c(OC)cc3C13CC3)cc2C(C)(C)C. The van der Waals surface area contributed by atoms with Crippen LogP contribution in [0.4, 0.5) is 5.69 Å². The number of carbonyl (C=O) groups excluding carboxylic acids is 1. The predicted octanol–water partition coefficient (Wildman–Crippen LogP) is 4.73. The fraction of sp³-hybridized carbons (Fsp3) is 0.500. The van der Waals surface area contributed by atoms with E-state index in [9.17, 15) is 4.79 Å². The molecule has 1 aliphatic carbocycles. The van der Waals surface area contributed by atoms with E-state index in [1.54, 1.807) is 14.2 Å². The van der Waals surface area contributed by atoms with E-state index in [1.165, 1.54) is 0 Å². The van der Waals surface area contributed by atoms with E-state index in [0.717, 1.165) is 54.1 Å². The van der Waals surface area contributed by atoms with Crippen LogP contribution in [0, 0.1) is 5.41 Å². The van der Waals surface area contributed by atoms with Crippen molar-refractivity contribution in [1.29, 1.82) is 5.41 Å². The van der Waals surface area contributed by atoms with Gasteiger partial charge in [0.2, 0.25) is 0 Å². The molecule has 1 spiro atoms. The molecule has 5 rings (SSSR count). The minimum atomic E-state index is -0.304. The Kier molecular flexibility index (Phi) is 5.49. The van der Waals surface area contributed by atoms with E-state index < -0.39 is 0 Å². The average molecular weight is 478 g/mol. The molecule has 1 fully saturated rings. The highest BCUT2D eigenvalue weighted by Gasteiger charge is 2.57. The molecular formula is C28H35N3O4. The molecule has 0 radical (unpaired) electrons. The molecule has 0 atom stereocenters. The summed E-state index contributed by atoms with van der Waals surface area (Å²) in [7, 11) is 3.22. The number of methoxy groups -OCH3 is 2. The maximum absolute atomic E-state index is 13.8. The van der Waals surface area contributed by atoms with Crippen LogP contribution < -0.4 is 19.1 Å². The number of fused-ring (bicyclic) bond motifs is 3. The van der Waals surface area contributed by atoms with Crippen LogP contribution in [0.15, 0.2) is 24.3 Å². The number of benzene rings is 2. The van der Waals surface area contributed by atoms with Crippen molar-refractivity contribution in [2.24, 2.45) is 0 Å². The van der Waals surface area contributed by atoms with Crippen molar-refractivity contribution in [3.05, 3.63) is 46.5 Å². The number of Topliss-reactive ketones (excluding diaryl/α,β-unsaturated/α-hetero) is 1. The minimum absolute atomic E-state index is 0.0164. The zero-order valence-corrected chi connectivity index (χ0v) is 21.6. The first-order valence-corrected chi connectivity index (χ1v) is 12.4. The van der Waals surface area contributed by atoms with Crippen molar-refractivity contribution >= 4 is 17.3 Å². The van der Waals surface area contributed by atoms with Crippen LogP contribution >= 0.6 is 0 Å². The smallest absolute Gasteiger partial charge is 0.182 e. The topological polar surface area (TPSA) is 75.1 Å². The van der Waals surface area contributed by atoms with Gasteiger partial charge in [-0.25, -0.2) is 0 Å². The Balaban J connectivity index is 1.51. The molecule has 0 bridgehead atoms. The summed E-state index contributed by atoms with van der Waals surface area (Å²) in [4.78, 5) is 18.0. The van der Waals surface area contributed by atoms with Gasteiger partial charge in [-0.15, -0.1) is 0 Å². The standard InChI is InChI=1S/C28H35N3O4/c1-7-30-10-11-35-25-20(27(2,3)4)12-17(13-21(25)30)22(32)16-31-26(29)18-14-23(33-5)24(34-6)15-19(18)28(31)8-9-28/h12-15,29H,7-11,16H2,1-6H3. The fourth-order valence-corrected chi connectivity index (χ4v) is 5.51. The highest BCUT2D eigenvalue weighted by molar-refractivity contribution is 6.07. The lowest BCUT2D eigenvalue weighted by molar-refractivity contribution is 0.0943. The largest absolute Gasteiger partial charge is 0.493 e. The molecule has 7 heteroatoms. The lowest BCUT2D eigenvalue weighted by Gasteiger charge is -2.35. The normalized spacial score (nSPS) is 17.7. The van der Waals surface area contributed by atoms with Gasteiger partial charge in [-0.3, -0.25) is 10.2 Å². The fourth-order valence-electron chi connectivity index (χ4n) is 5.51. The van der Waals surface area contributed by atoms with E-state index in [2.05, 4.69) is 32.6 Å². The number of nitrogens with zero attached hydrogens (tertiary/aromatic N) is 2. The molecule has 0 saturated heterocycles. The van der Waals surface area contributed by atoms with Gasteiger partial charge in [0, 0.05) is 23.2 Å². The first-order chi connectivity index (χ1) is 16.6. The van der Waals surface area contributed by atoms with Crippen LogP contribution in [0.5, 0.6) is 17.2 Å². The zero-order valence-electron chi connectivity index (χ0n) is 21.6. The van der Waals surface area contributed by atoms with E-state index in [1.807, 2.05) is 29.2 Å². The number of ether oxygens (including phenoxy) is 3. The van der Waals surface area contributed by atoms with E-state index in [-0.39, 0.29) is 23.3 Å².